The van der Waals surface area contributed by atoms with Crippen LogP contribution in [0, 0.1) is 53.3 Å². The highest BCUT2D eigenvalue weighted by Gasteiger charge is 2.66. The Morgan fingerprint density at radius 3 is 2.12 bits per heavy atom. The Bertz CT molecular complexity index is 376. The predicted octanol–water partition coefficient (Wildman–Crippen LogP) is 6.66. The monoisotopic (exact) mass is 336 g/mol. The van der Waals surface area contributed by atoms with Crippen LogP contribution in [-0.2, 0) is 4.74 Å². The quantitative estimate of drug-likeness (QED) is 0.521. The van der Waals surface area contributed by atoms with Crippen molar-refractivity contribution < 1.29 is 4.74 Å². The maximum Gasteiger partial charge on any atom is 0.0609 e. The zero-order valence-electron chi connectivity index (χ0n) is 17.7. The second-order valence-electron chi connectivity index (χ2n) is 8.81. The van der Waals surface area contributed by atoms with Crippen molar-refractivity contribution in [2.45, 2.75) is 87.2 Å². The first kappa shape index (κ1) is 20.3. The lowest BCUT2D eigenvalue weighted by Crippen LogP contribution is -2.41. The molecule has 0 aromatic carbocycles. The summed E-state index contributed by atoms with van der Waals surface area (Å²) in [5.74, 6) is 8.98. The molecule has 4 saturated carbocycles. The fraction of sp³-hybridized carbons (Fsp3) is 1.00. The van der Waals surface area contributed by atoms with E-state index in [4.69, 9.17) is 4.74 Å². The molecule has 4 aliphatic carbocycles. The summed E-state index contributed by atoms with van der Waals surface area (Å²) in [6.07, 6.45) is 6.52. The van der Waals surface area contributed by atoms with Gasteiger partial charge in [-0.3, -0.25) is 0 Å². The van der Waals surface area contributed by atoms with Gasteiger partial charge in [0.25, 0.3) is 0 Å². The third-order valence-electron chi connectivity index (χ3n) is 7.62. The molecule has 9 atom stereocenters. The van der Waals surface area contributed by atoms with Crippen molar-refractivity contribution in [2.75, 3.05) is 6.61 Å². The molecule has 1 heteroatoms. The fourth-order valence-corrected chi connectivity index (χ4v) is 7.17. The van der Waals surface area contributed by atoms with Gasteiger partial charge in [-0.05, 0) is 72.5 Å². The minimum absolute atomic E-state index is 0.621. The Balaban J connectivity index is 0.000000487. The summed E-state index contributed by atoms with van der Waals surface area (Å²) in [6, 6.07) is 0. The molecule has 0 aromatic heterocycles. The van der Waals surface area contributed by atoms with E-state index in [9.17, 15) is 0 Å². The molecular weight excluding hydrogens is 292 g/mol. The van der Waals surface area contributed by atoms with E-state index in [0.717, 1.165) is 54.0 Å². The van der Waals surface area contributed by atoms with Crippen LogP contribution in [0.3, 0.4) is 0 Å². The van der Waals surface area contributed by atoms with Gasteiger partial charge in [0.2, 0.25) is 0 Å². The molecule has 0 aliphatic heterocycles. The van der Waals surface area contributed by atoms with Crippen LogP contribution in [0.5, 0.6) is 0 Å². The molecule has 4 fully saturated rings. The van der Waals surface area contributed by atoms with Gasteiger partial charge >= 0.3 is 0 Å². The van der Waals surface area contributed by atoms with Crippen LogP contribution in [0.15, 0.2) is 0 Å². The van der Waals surface area contributed by atoms with Gasteiger partial charge in [0.1, 0.15) is 0 Å². The van der Waals surface area contributed by atoms with E-state index in [0.29, 0.717) is 12.0 Å². The molecule has 4 aliphatic rings. The average Bonchev–Trinajstić information content (AvgIpc) is 3.33. The fourth-order valence-electron chi connectivity index (χ4n) is 7.17. The predicted molar refractivity (Wildman–Crippen MR) is 105 cm³/mol. The van der Waals surface area contributed by atoms with Gasteiger partial charge in [0.05, 0.1) is 6.10 Å². The Hall–Kier alpha value is -0.0400. The summed E-state index contributed by atoms with van der Waals surface area (Å²) in [4.78, 5) is 0. The van der Waals surface area contributed by atoms with Crippen molar-refractivity contribution in [1.29, 1.82) is 0 Å². The largest absolute Gasteiger partial charge is 0.378 e. The third-order valence-corrected chi connectivity index (χ3v) is 7.62. The van der Waals surface area contributed by atoms with Crippen molar-refractivity contribution in [3.8, 4) is 0 Å². The van der Waals surface area contributed by atoms with Gasteiger partial charge in [-0.2, -0.15) is 0 Å². The third kappa shape index (κ3) is 3.19. The molecule has 24 heavy (non-hydrogen) atoms. The summed E-state index contributed by atoms with van der Waals surface area (Å²) >= 11 is 0. The standard InChI is InChI=1S/C19H32O.2C2H6/c1-5-13-11(4)14-8-15(13)18-12-6-16(19(14)18)17(7-12)20-9-10(2)3;2*1-2/h10-19H,5-9H2,1-4H3;2*1-2H3. The molecule has 0 aromatic rings. The molecule has 0 radical (unpaired) electrons. The highest BCUT2D eigenvalue weighted by atomic mass is 16.5. The van der Waals surface area contributed by atoms with Crippen LogP contribution in [0.1, 0.15) is 81.1 Å². The Morgan fingerprint density at radius 2 is 1.54 bits per heavy atom. The van der Waals surface area contributed by atoms with Gasteiger partial charge in [0, 0.05) is 6.61 Å². The SMILES string of the molecule is CC.CC.CCC1C(C)C2CC1C1C3CC(OCC(C)C)C(C3)C21. The minimum Gasteiger partial charge on any atom is -0.378 e. The number of hydrogen-bond donors (Lipinski definition) is 0. The lowest BCUT2D eigenvalue weighted by Gasteiger charge is -2.44. The number of hydrogen-bond acceptors (Lipinski definition) is 1. The highest BCUT2D eigenvalue weighted by Crippen LogP contribution is 2.70. The second kappa shape index (κ2) is 8.56. The van der Waals surface area contributed by atoms with E-state index in [1.165, 1.54) is 19.3 Å². The van der Waals surface area contributed by atoms with E-state index in [2.05, 4.69) is 27.7 Å². The average molecular weight is 337 g/mol. The summed E-state index contributed by atoms with van der Waals surface area (Å²) in [7, 11) is 0. The van der Waals surface area contributed by atoms with E-state index < -0.39 is 0 Å². The molecule has 4 rings (SSSR count). The normalized spacial score (nSPS) is 47.1. The van der Waals surface area contributed by atoms with Crippen molar-refractivity contribution in [3.63, 3.8) is 0 Å². The number of rotatable bonds is 4. The van der Waals surface area contributed by atoms with Gasteiger partial charge in [0.15, 0.2) is 0 Å². The second-order valence-corrected chi connectivity index (χ2v) is 8.81. The number of fused-ring (bicyclic) bond motifs is 9. The van der Waals surface area contributed by atoms with Crippen LogP contribution in [0.2, 0.25) is 0 Å². The van der Waals surface area contributed by atoms with E-state index >= 15 is 0 Å². The van der Waals surface area contributed by atoms with Crippen molar-refractivity contribution in [2.24, 2.45) is 53.3 Å². The van der Waals surface area contributed by atoms with Crippen molar-refractivity contribution >= 4 is 0 Å². The van der Waals surface area contributed by atoms with Crippen LogP contribution in [0.4, 0.5) is 0 Å². The Kier molecular flexibility index (Phi) is 7.23. The zero-order valence-corrected chi connectivity index (χ0v) is 17.7. The summed E-state index contributed by atoms with van der Waals surface area (Å²) in [5.41, 5.74) is 0. The molecule has 4 bridgehead atoms. The highest BCUT2D eigenvalue weighted by molar-refractivity contribution is 5.14. The smallest absolute Gasteiger partial charge is 0.0609 e. The zero-order chi connectivity index (χ0) is 18.0. The number of ether oxygens (including phenoxy) is 1. The molecule has 1 nitrogen and oxygen atoms in total. The molecule has 0 heterocycles. The van der Waals surface area contributed by atoms with Crippen LogP contribution in [-0.4, -0.2) is 12.7 Å². The lowest BCUT2D eigenvalue weighted by atomic mass is 9.63. The van der Waals surface area contributed by atoms with E-state index in [1.807, 2.05) is 27.7 Å². The molecule has 9 unspecified atom stereocenters. The summed E-state index contributed by atoms with van der Waals surface area (Å²) < 4.78 is 6.30. The molecule has 0 N–H and O–H groups in total. The maximum atomic E-state index is 6.30. The topological polar surface area (TPSA) is 9.23 Å². The van der Waals surface area contributed by atoms with E-state index in [-0.39, 0.29) is 0 Å². The maximum absolute atomic E-state index is 6.30. The van der Waals surface area contributed by atoms with Gasteiger partial charge in [-0.1, -0.05) is 61.8 Å². The molecule has 0 amide bonds. The molecule has 142 valence electrons. The first-order valence-electron chi connectivity index (χ1n) is 11.2. The first-order chi connectivity index (χ1) is 11.6. The van der Waals surface area contributed by atoms with E-state index in [1.54, 1.807) is 6.42 Å². The summed E-state index contributed by atoms with van der Waals surface area (Å²) in [5, 5.41) is 0. The molecule has 0 saturated heterocycles. The Labute approximate surface area is 152 Å². The Morgan fingerprint density at radius 1 is 0.875 bits per heavy atom. The van der Waals surface area contributed by atoms with Gasteiger partial charge in [-0.25, -0.2) is 0 Å². The van der Waals surface area contributed by atoms with Gasteiger partial charge in [-0.15, -0.1) is 0 Å². The van der Waals surface area contributed by atoms with Gasteiger partial charge < -0.3 is 4.74 Å². The molecular formula is C23H44O. The lowest BCUT2D eigenvalue weighted by molar-refractivity contribution is -0.0522. The van der Waals surface area contributed by atoms with Crippen LogP contribution >= 0.6 is 0 Å². The molecule has 0 spiro atoms. The van der Waals surface area contributed by atoms with Crippen molar-refractivity contribution in [1.82, 2.24) is 0 Å². The van der Waals surface area contributed by atoms with Crippen molar-refractivity contribution in [3.05, 3.63) is 0 Å². The van der Waals surface area contributed by atoms with Crippen LogP contribution < -0.4 is 0 Å². The first-order valence-corrected chi connectivity index (χ1v) is 11.2. The van der Waals surface area contributed by atoms with Crippen LogP contribution in [0.25, 0.3) is 0 Å². The summed E-state index contributed by atoms with van der Waals surface area (Å²) in [6.45, 7) is 18.5. The minimum atomic E-state index is 0.621.